The Hall–Kier alpha value is -0.920. The van der Waals surface area contributed by atoms with Crippen molar-refractivity contribution in [2.24, 2.45) is 5.73 Å². The van der Waals surface area contributed by atoms with Gasteiger partial charge in [-0.2, -0.15) is 0 Å². The summed E-state index contributed by atoms with van der Waals surface area (Å²) in [6.07, 6.45) is 0.463. The first kappa shape index (κ1) is 16.5. The number of sulfone groups is 1. The van der Waals surface area contributed by atoms with E-state index in [0.29, 0.717) is 18.5 Å². The number of carbonyl (C=O) groups excluding carboxylic acids is 1. The molecule has 1 aliphatic rings. The fourth-order valence-electron chi connectivity index (χ4n) is 2.39. The van der Waals surface area contributed by atoms with Crippen molar-refractivity contribution in [2.45, 2.75) is 18.9 Å². The highest BCUT2D eigenvalue weighted by molar-refractivity contribution is 9.10. The molecule has 1 aliphatic heterocycles. The Labute approximate surface area is 133 Å². The Balaban J connectivity index is 2.19. The quantitative estimate of drug-likeness (QED) is 0.844. The summed E-state index contributed by atoms with van der Waals surface area (Å²) in [5, 5.41) is 0. The van der Waals surface area contributed by atoms with E-state index in [1.165, 1.54) is 0 Å². The number of amides is 1. The lowest BCUT2D eigenvalue weighted by Crippen LogP contribution is -2.51. The van der Waals surface area contributed by atoms with Crippen LogP contribution in [0.1, 0.15) is 18.9 Å². The van der Waals surface area contributed by atoms with Gasteiger partial charge in [-0.3, -0.25) is 4.79 Å². The number of carbonyl (C=O) groups is 1. The van der Waals surface area contributed by atoms with E-state index < -0.39 is 15.4 Å². The number of hydrogen-bond acceptors (Lipinski definition) is 4. The Morgan fingerprint density at radius 3 is 2.48 bits per heavy atom. The van der Waals surface area contributed by atoms with Crippen LogP contribution in [0.15, 0.2) is 28.7 Å². The number of nitrogens with zero attached hydrogens (tertiary/aromatic N) is 1. The Morgan fingerprint density at radius 2 is 1.86 bits per heavy atom. The molecule has 116 valence electrons. The maximum Gasteiger partial charge on any atom is 0.247 e. The second kappa shape index (κ2) is 6.06. The second-order valence-electron chi connectivity index (χ2n) is 5.51. The number of benzene rings is 1. The molecular formula is C14H19BrN2O3S. The van der Waals surface area contributed by atoms with E-state index in [2.05, 4.69) is 15.9 Å². The zero-order valence-corrected chi connectivity index (χ0v) is 14.3. The third kappa shape index (κ3) is 3.84. The molecule has 1 unspecified atom stereocenters. The fraction of sp³-hybridized carbons (Fsp3) is 0.500. The summed E-state index contributed by atoms with van der Waals surface area (Å²) >= 11 is 3.35. The van der Waals surface area contributed by atoms with Crippen LogP contribution in [0.4, 0.5) is 0 Å². The van der Waals surface area contributed by atoms with Crippen molar-refractivity contribution in [3.8, 4) is 0 Å². The van der Waals surface area contributed by atoms with Crippen LogP contribution in [0.3, 0.4) is 0 Å². The summed E-state index contributed by atoms with van der Waals surface area (Å²) in [4.78, 5) is 14.2. The molecule has 1 heterocycles. The molecule has 7 heteroatoms. The Morgan fingerprint density at radius 1 is 1.24 bits per heavy atom. The van der Waals surface area contributed by atoms with Crippen LogP contribution in [-0.2, 0) is 20.2 Å². The standard InChI is InChI=1S/C14H19BrN2O3S/c1-14(16,11-3-5-12(15)6-4-11)13(18)17-7-2-9-21(19,20)10-8-17/h3-6H,2,7-10,16H2,1H3. The summed E-state index contributed by atoms with van der Waals surface area (Å²) < 4.78 is 24.2. The van der Waals surface area contributed by atoms with Crippen LogP contribution in [0.25, 0.3) is 0 Å². The van der Waals surface area contributed by atoms with Crippen molar-refractivity contribution in [3.05, 3.63) is 34.3 Å². The molecule has 1 aromatic carbocycles. The predicted molar refractivity (Wildman–Crippen MR) is 85.5 cm³/mol. The highest BCUT2D eigenvalue weighted by Crippen LogP contribution is 2.23. The van der Waals surface area contributed by atoms with Crippen LogP contribution in [0.2, 0.25) is 0 Å². The zero-order valence-electron chi connectivity index (χ0n) is 11.9. The maximum atomic E-state index is 12.7. The van der Waals surface area contributed by atoms with Crippen molar-refractivity contribution in [3.63, 3.8) is 0 Å². The monoisotopic (exact) mass is 374 g/mol. The van der Waals surface area contributed by atoms with Gasteiger partial charge in [0, 0.05) is 17.6 Å². The molecule has 0 aromatic heterocycles. The van der Waals surface area contributed by atoms with Gasteiger partial charge in [-0.25, -0.2) is 8.42 Å². The molecular weight excluding hydrogens is 356 g/mol. The molecule has 5 nitrogen and oxygen atoms in total. The summed E-state index contributed by atoms with van der Waals surface area (Å²) in [6.45, 7) is 2.31. The molecule has 0 bridgehead atoms. The van der Waals surface area contributed by atoms with Crippen LogP contribution in [0.5, 0.6) is 0 Å². The summed E-state index contributed by atoms with van der Waals surface area (Å²) in [5.74, 6) is -0.0900. The average Bonchev–Trinajstić information content (AvgIpc) is 2.59. The Bertz CT molecular complexity index is 626. The summed E-state index contributed by atoms with van der Waals surface area (Å²) in [6, 6.07) is 7.27. The molecule has 0 aliphatic carbocycles. The molecule has 2 N–H and O–H groups in total. The molecule has 1 saturated heterocycles. The minimum Gasteiger partial charge on any atom is -0.340 e. The van der Waals surface area contributed by atoms with E-state index in [1.807, 2.05) is 12.1 Å². The van der Waals surface area contributed by atoms with Gasteiger partial charge in [0.1, 0.15) is 5.54 Å². The van der Waals surface area contributed by atoms with E-state index in [1.54, 1.807) is 24.0 Å². The van der Waals surface area contributed by atoms with E-state index in [0.717, 1.165) is 4.47 Å². The minimum atomic E-state index is -3.04. The number of nitrogens with two attached hydrogens (primary N) is 1. The first-order valence-corrected chi connectivity index (χ1v) is 9.38. The van der Waals surface area contributed by atoms with Gasteiger partial charge in [-0.15, -0.1) is 0 Å². The summed E-state index contributed by atoms with van der Waals surface area (Å²) in [7, 11) is -3.04. The molecule has 0 saturated carbocycles. The first-order valence-electron chi connectivity index (χ1n) is 6.77. The SMILES string of the molecule is CC(N)(C(=O)N1CCCS(=O)(=O)CC1)c1ccc(Br)cc1. The number of halogens is 1. The summed E-state index contributed by atoms with van der Waals surface area (Å²) in [5.41, 5.74) is 5.78. The van der Waals surface area contributed by atoms with E-state index in [4.69, 9.17) is 5.73 Å². The highest BCUT2D eigenvalue weighted by Gasteiger charge is 2.35. The molecule has 21 heavy (non-hydrogen) atoms. The van der Waals surface area contributed by atoms with E-state index in [-0.39, 0.29) is 24.0 Å². The lowest BCUT2D eigenvalue weighted by atomic mass is 9.91. The third-order valence-electron chi connectivity index (χ3n) is 3.73. The highest BCUT2D eigenvalue weighted by atomic mass is 79.9. The molecule has 1 atom stereocenters. The van der Waals surface area contributed by atoms with Gasteiger partial charge in [0.15, 0.2) is 9.84 Å². The van der Waals surface area contributed by atoms with Crippen molar-refractivity contribution in [1.82, 2.24) is 4.90 Å². The smallest absolute Gasteiger partial charge is 0.247 e. The van der Waals surface area contributed by atoms with Crippen molar-refractivity contribution >= 4 is 31.7 Å². The van der Waals surface area contributed by atoms with Crippen molar-refractivity contribution in [2.75, 3.05) is 24.6 Å². The maximum absolute atomic E-state index is 12.7. The molecule has 0 radical (unpaired) electrons. The predicted octanol–water partition coefficient (Wildman–Crippen LogP) is 1.27. The van der Waals surface area contributed by atoms with E-state index >= 15 is 0 Å². The van der Waals surface area contributed by atoms with Crippen LogP contribution in [0, 0.1) is 0 Å². The molecule has 0 spiro atoms. The first-order chi connectivity index (χ1) is 9.72. The van der Waals surface area contributed by atoms with Gasteiger partial charge in [-0.1, -0.05) is 28.1 Å². The van der Waals surface area contributed by atoms with Gasteiger partial charge in [-0.05, 0) is 31.0 Å². The second-order valence-corrected chi connectivity index (χ2v) is 8.73. The van der Waals surface area contributed by atoms with Gasteiger partial charge in [0.25, 0.3) is 0 Å². The minimum absolute atomic E-state index is 0.00909. The molecule has 1 aromatic rings. The van der Waals surface area contributed by atoms with Crippen molar-refractivity contribution < 1.29 is 13.2 Å². The fourth-order valence-corrected chi connectivity index (χ4v) is 3.93. The molecule has 1 fully saturated rings. The van der Waals surface area contributed by atoms with Crippen molar-refractivity contribution in [1.29, 1.82) is 0 Å². The van der Waals surface area contributed by atoms with E-state index in [9.17, 15) is 13.2 Å². The number of hydrogen-bond donors (Lipinski definition) is 1. The van der Waals surface area contributed by atoms with Crippen LogP contribution >= 0.6 is 15.9 Å². The lowest BCUT2D eigenvalue weighted by Gasteiger charge is -2.31. The van der Waals surface area contributed by atoms with Crippen LogP contribution < -0.4 is 5.73 Å². The molecule has 1 amide bonds. The average molecular weight is 375 g/mol. The topological polar surface area (TPSA) is 80.5 Å². The zero-order chi connectivity index (χ0) is 15.7. The normalized spacial score (nSPS) is 21.4. The Kier molecular flexibility index (Phi) is 4.75. The number of rotatable bonds is 2. The van der Waals surface area contributed by atoms with Crippen LogP contribution in [-0.4, -0.2) is 43.8 Å². The van der Waals surface area contributed by atoms with Gasteiger partial charge >= 0.3 is 0 Å². The largest absolute Gasteiger partial charge is 0.340 e. The third-order valence-corrected chi connectivity index (χ3v) is 5.97. The lowest BCUT2D eigenvalue weighted by molar-refractivity contribution is -0.136. The van der Waals surface area contributed by atoms with Gasteiger partial charge in [0.05, 0.1) is 11.5 Å². The van der Waals surface area contributed by atoms with Gasteiger partial charge in [0.2, 0.25) is 5.91 Å². The molecule has 2 rings (SSSR count). The van der Waals surface area contributed by atoms with Gasteiger partial charge < -0.3 is 10.6 Å².